The quantitative estimate of drug-likeness (QED) is 0.262. The Kier molecular flexibility index (Phi) is 5.29. The highest BCUT2D eigenvalue weighted by Crippen LogP contribution is 2.37. The Labute approximate surface area is 138 Å². The van der Waals surface area contributed by atoms with E-state index in [1.54, 1.807) is 22.6 Å². The number of nitrogens with one attached hydrogen (secondary N) is 1. The normalized spacial score (nSPS) is 33.0. The Morgan fingerprint density at radius 1 is 1.45 bits per heavy atom. The summed E-state index contributed by atoms with van der Waals surface area (Å²) < 4.78 is 20.6. The van der Waals surface area contributed by atoms with Gasteiger partial charge in [0.05, 0.1) is 10.2 Å². The minimum atomic E-state index is -4.72. The highest BCUT2D eigenvalue weighted by molar-refractivity contribution is 14.1. The molecule has 0 aromatic carbocycles. The molecule has 0 aliphatic carbocycles. The first-order chi connectivity index (χ1) is 10.1. The van der Waals surface area contributed by atoms with E-state index in [4.69, 9.17) is 14.5 Å². The van der Waals surface area contributed by atoms with E-state index in [0.717, 1.165) is 0 Å². The SMILES string of the molecule is C=C1NC(=O)C(I)=CN1[C@@H]1OC(COP(=O)(O)O)C(O)[C@H]1O. The fourth-order valence-corrected chi connectivity index (χ4v) is 2.78. The summed E-state index contributed by atoms with van der Waals surface area (Å²) in [5.41, 5.74) is 0. The number of halogens is 1. The molecule has 22 heavy (non-hydrogen) atoms. The van der Waals surface area contributed by atoms with Gasteiger partial charge in [0.1, 0.15) is 24.1 Å². The molecule has 1 saturated heterocycles. The Morgan fingerprint density at radius 2 is 2.09 bits per heavy atom. The Bertz CT molecular complexity index is 563. The third-order valence-electron chi connectivity index (χ3n) is 3.06. The van der Waals surface area contributed by atoms with Gasteiger partial charge in [-0.25, -0.2) is 4.57 Å². The molecule has 2 aliphatic rings. The van der Waals surface area contributed by atoms with Crippen molar-refractivity contribution in [2.24, 2.45) is 0 Å². The van der Waals surface area contributed by atoms with Crippen LogP contribution < -0.4 is 5.32 Å². The second-order valence-electron chi connectivity index (χ2n) is 4.62. The summed E-state index contributed by atoms with van der Waals surface area (Å²) >= 11 is 1.78. The van der Waals surface area contributed by atoms with Gasteiger partial charge in [0.2, 0.25) is 0 Å². The maximum absolute atomic E-state index is 11.5. The highest BCUT2D eigenvalue weighted by Gasteiger charge is 2.47. The van der Waals surface area contributed by atoms with Crippen LogP contribution in [0.1, 0.15) is 0 Å². The van der Waals surface area contributed by atoms with Gasteiger partial charge < -0.3 is 35.0 Å². The fraction of sp³-hybridized carbons (Fsp3) is 0.500. The van der Waals surface area contributed by atoms with E-state index in [-0.39, 0.29) is 11.7 Å². The second kappa shape index (κ2) is 6.53. The van der Waals surface area contributed by atoms with Crippen molar-refractivity contribution in [2.45, 2.75) is 24.5 Å². The zero-order chi connectivity index (χ0) is 16.7. The topological polar surface area (TPSA) is 149 Å². The van der Waals surface area contributed by atoms with Crippen LogP contribution in [0.4, 0.5) is 0 Å². The van der Waals surface area contributed by atoms with Crippen LogP contribution in [0.3, 0.4) is 0 Å². The van der Waals surface area contributed by atoms with Crippen molar-refractivity contribution < 1.29 is 38.6 Å². The zero-order valence-corrected chi connectivity index (χ0v) is 14.0. The smallest absolute Gasteiger partial charge is 0.387 e. The van der Waals surface area contributed by atoms with E-state index in [1.165, 1.54) is 11.1 Å². The number of aliphatic hydroxyl groups excluding tert-OH is 2. The van der Waals surface area contributed by atoms with Crippen LogP contribution in [0.15, 0.2) is 22.2 Å². The van der Waals surface area contributed by atoms with E-state index < -0.39 is 39.0 Å². The zero-order valence-electron chi connectivity index (χ0n) is 11.0. The molecule has 2 unspecified atom stereocenters. The third-order valence-corrected chi connectivity index (χ3v) is 4.31. The van der Waals surface area contributed by atoms with Crippen LogP contribution in [-0.2, 0) is 18.6 Å². The number of phosphoric acid groups is 1. The van der Waals surface area contributed by atoms with Crippen molar-refractivity contribution in [2.75, 3.05) is 6.61 Å². The monoisotopic (exact) mass is 448 g/mol. The lowest BCUT2D eigenvalue weighted by Crippen LogP contribution is -2.47. The molecule has 0 aromatic rings. The van der Waals surface area contributed by atoms with Gasteiger partial charge in [-0.1, -0.05) is 6.58 Å². The predicted molar refractivity (Wildman–Crippen MR) is 79.9 cm³/mol. The number of carbonyl (C=O) groups excluding carboxylic acids is 1. The maximum atomic E-state index is 11.5. The fourth-order valence-electron chi connectivity index (χ4n) is 2.01. The molecule has 2 heterocycles. The summed E-state index contributed by atoms with van der Waals surface area (Å²) in [5.74, 6) is -0.227. The average Bonchev–Trinajstić information content (AvgIpc) is 2.68. The molecule has 0 radical (unpaired) electrons. The van der Waals surface area contributed by atoms with Gasteiger partial charge in [0.25, 0.3) is 5.91 Å². The number of hydrogen-bond acceptors (Lipinski definition) is 7. The van der Waals surface area contributed by atoms with Crippen molar-refractivity contribution >= 4 is 36.3 Å². The number of aliphatic hydroxyl groups is 2. The minimum Gasteiger partial charge on any atom is -0.387 e. The molecule has 2 rings (SSSR count). The first kappa shape index (κ1) is 17.8. The first-order valence-corrected chi connectivity index (χ1v) is 8.58. The summed E-state index contributed by atoms with van der Waals surface area (Å²) in [6.07, 6.45) is -3.66. The molecule has 12 heteroatoms. The first-order valence-electron chi connectivity index (χ1n) is 5.98. The highest BCUT2D eigenvalue weighted by atomic mass is 127. The molecule has 5 N–H and O–H groups in total. The average molecular weight is 448 g/mol. The lowest BCUT2D eigenvalue weighted by atomic mass is 10.1. The molecule has 124 valence electrons. The van der Waals surface area contributed by atoms with E-state index in [0.29, 0.717) is 3.58 Å². The largest absolute Gasteiger partial charge is 0.469 e. The molecule has 1 fully saturated rings. The molecule has 0 aromatic heterocycles. The van der Waals surface area contributed by atoms with Gasteiger partial charge in [0.15, 0.2) is 6.23 Å². The number of hydrogen-bond donors (Lipinski definition) is 5. The van der Waals surface area contributed by atoms with Crippen molar-refractivity contribution in [1.29, 1.82) is 0 Å². The van der Waals surface area contributed by atoms with Crippen molar-refractivity contribution in [3.05, 3.63) is 22.2 Å². The molecular formula is C10H14IN2O8P. The molecule has 0 bridgehead atoms. The number of ether oxygens (including phenoxy) is 1. The second-order valence-corrected chi connectivity index (χ2v) is 7.02. The summed E-state index contributed by atoms with van der Waals surface area (Å²) in [4.78, 5) is 30.1. The standard InChI is InChI=1S/C10H14IN2O8P/c1-4-12-9(16)5(11)2-13(4)10-8(15)7(14)6(21-10)3-20-22(17,18)19/h2,6-8,10,14-15H,1,3H2,(H,12,16)(H2,17,18,19)/t6?,7?,8-,10-/m1/s1. The molecule has 4 atom stereocenters. The van der Waals surface area contributed by atoms with Crippen molar-refractivity contribution in [1.82, 2.24) is 10.2 Å². The van der Waals surface area contributed by atoms with E-state index in [2.05, 4.69) is 16.4 Å². The van der Waals surface area contributed by atoms with Crippen LogP contribution in [0.2, 0.25) is 0 Å². The lowest BCUT2D eigenvalue weighted by Gasteiger charge is -2.33. The van der Waals surface area contributed by atoms with Gasteiger partial charge in [-0.2, -0.15) is 0 Å². The molecule has 0 spiro atoms. The minimum absolute atomic E-state index is 0.137. The van der Waals surface area contributed by atoms with E-state index in [9.17, 15) is 19.6 Å². The van der Waals surface area contributed by atoms with Gasteiger partial charge in [-0.3, -0.25) is 9.32 Å². The number of phosphoric ester groups is 1. The number of rotatable bonds is 4. The van der Waals surface area contributed by atoms with Crippen molar-refractivity contribution in [3.8, 4) is 0 Å². The third kappa shape index (κ3) is 3.86. The van der Waals surface area contributed by atoms with E-state index in [1.807, 2.05) is 0 Å². The van der Waals surface area contributed by atoms with Crippen molar-refractivity contribution in [3.63, 3.8) is 0 Å². The van der Waals surface area contributed by atoms with Gasteiger partial charge in [-0.05, 0) is 22.6 Å². The van der Waals surface area contributed by atoms with E-state index >= 15 is 0 Å². The summed E-state index contributed by atoms with van der Waals surface area (Å²) in [6.45, 7) is 3.01. The molecular weight excluding hydrogens is 434 g/mol. The number of nitrogens with zero attached hydrogens (tertiary/aromatic N) is 1. The molecule has 0 saturated carbocycles. The molecule has 2 aliphatic heterocycles. The molecule has 1 amide bonds. The van der Waals surface area contributed by atoms with Crippen LogP contribution >= 0.6 is 30.4 Å². The van der Waals surface area contributed by atoms with Gasteiger partial charge >= 0.3 is 7.82 Å². The van der Waals surface area contributed by atoms with Gasteiger partial charge in [0, 0.05) is 6.20 Å². The lowest BCUT2D eigenvalue weighted by molar-refractivity contribution is -0.118. The Morgan fingerprint density at radius 3 is 2.68 bits per heavy atom. The number of amides is 1. The maximum Gasteiger partial charge on any atom is 0.469 e. The van der Waals surface area contributed by atoms with Crippen LogP contribution in [0, 0.1) is 0 Å². The summed E-state index contributed by atoms with van der Waals surface area (Å²) in [6, 6.07) is 0. The number of carbonyl (C=O) groups is 1. The molecule has 10 nitrogen and oxygen atoms in total. The predicted octanol–water partition coefficient (Wildman–Crippen LogP) is -1.28. The van der Waals surface area contributed by atoms with Crippen LogP contribution in [0.25, 0.3) is 0 Å². The summed E-state index contributed by atoms with van der Waals surface area (Å²) in [5, 5.41) is 22.4. The summed E-state index contributed by atoms with van der Waals surface area (Å²) in [7, 11) is -4.72. The van der Waals surface area contributed by atoms with Crippen LogP contribution in [0.5, 0.6) is 0 Å². The van der Waals surface area contributed by atoms with Crippen LogP contribution in [-0.4, -0.2) is 62.0 Å². The van der Waals surface area contributed by atoms with Gasteiger partial charge in [-0.15, -0.1) is 0 Å². The Hall–Kier alpha value is -0.530. The Balaban J connectivity index is 2.11.